The Balaban J connectivity index is 1.87. The van der Waals surface area contributed by atoms with Crippen LogP contribution in [-0.4, -0.2) is 26.7 Å². The molecule has 0 N–H and O–H groups in total. The molecule has 172 valence electrons. The molecule has 0 saturated heterocycles. The van der Waals surface area contributed by atoms with E-state index < -0.39 is 29.5 Å². The van der Waals surface area contributed by atoms with Crippen molar-refractivity contribution in [2.24, 2.45) is 0 Å². The first-order valence-corrected chi connectivity index (χ1v) is 12.5. The van der Waals surface area contributed by atoms with Crippen molar-refractivity contribution in [2.75, 3.05) is 0 Å². The fourth-order valence-electron chi connectivity index (χ4n) is 3.47. The Kier molecular flexibility index (Phi) is 5.63. The van der Waals surface area contributed by atoms with E-state index in [1.54, 1.807) is 0 Å². The van der Waals surface area contributed by atoms with Crippen molar-refractivity contribution in [1.82, 2.24) is 0 Å². The molecule has 0 aromatic heterocycles. The quantitative estimate of drug-likeness (QED) is 0.281. The highest BCUT2D eigenvalue weighted by Crippen LogP contribution is 2.34. The maximum Gasteiger partial charge on any atom is 0.269 e. The number of non-ortho nitro benzene ring substituents is 2. The lowest BCUT2D eigenvalue weighted by Crippen LogP contribution is -2.06. The number of benzene rings is 4. The second kappa shape index (κ2) is 8.32. The molecule has 0 heterocycles. The molecule has 0 amide bonds. The first-order chi connectivity index (χ1) is 16.0. The smallest absolute Gasteiger partial charge is 0.258 e. The number of nitro benzene ring substituents is 2. The Labute approximate surface area is 193 Å². The van der Waals surface area contributed by atoms with Crippen molar-refractivity contribution in [3.05, 3.63) is 105 Å². The molecular formula is C22H14N2O8S2. The molecular weight excluding hydrogens is 484 g/mol. The number of nitrogens with zero attached hydrogens (tertiary/aromatic N) is 2. The highest BCUT2D eigenvalue weighted by atomic mass is 32.2. The molecule has 0 aliphatic heterocycles. The molecule has 0 spiro atoms. The minimum absolute atomic E-state index is 0.142. The standard InChI is InChI=1S/C22H14N2O8S2/c25-23(26)15-7-11-17(12-8-15)33(29,30)21-5-1-3-19-20(21)4-2-6-22(19)34(31,32)18-13-9-16(10-14-18)24(27)28/h1-14H. The fraction of sp³-hybridized carbons (Fsp3) is 0. The van der Waals surface area contributed by atoms with Gasteiger partial charge in [0.05, 0.1) is 29.4 Å². The summed E-state index contributed by atoms with van der Waals surface area (Å²) < 4.78 is 53.1. The van der Waals surface area contributed by atoms with E-state index in [0.717, 1.165) is 48.5 Å². The zero-order valence-electron chi connectivity index (χ0n) is 17.1. The summed E-state index contributed by atoms with van der Waals surface area (Å²) in [5, 5.41) is 22.0. The van der Waals surface area contributed by atoms with E-state index in [9.17, 15) is 37.1 Å². The van der Waals surface area contributed by atoms with Crippen molar-refractivity contribution in [1.29, 1.82) is 0 Å². The molecule has 0 saturated carbocycles. The second-order valence-corrected chi connectivity index (χ2v) is 11.0. The minimum Gasteiger partial charge on any atom is -0.258 e. The molecule has 0 aliphatic rings. The van der Waals surface area contributed by atoms with Crippen LogP contribution >= 0.6 is 0 Å². The average molecular weight is 498 g/mol. The second-order valence-electron chi connectivity index (χ2n) is 7.12. The van der Waals surface area contributed by atoms with Gasteiger partial charge in [0.2, 0.25) is 19.7 Å². The van der Waals surface area contributed by atoms with Crippen LogP contribution in [0.5, 0.6) is 0 Å². The van der Waals surface area contributed by atoms with Gasteiger partial charge in [0, 0.05) is 35.0 Å². The van der Waals surface area contributed by atoms with Gasteiger partial charge in [-0.2, -0.15) is 0 Å². The van der Waals surface area contributed by atoms with E-state index in [2.05, 4.69) is 0 Å². The van der Waals surface area contributed by atoms with E-state index in [-0.39, 0.29) is 41.7 Å². The Hall–Kier alpha value is -4.16. The van der Waals surface area contributed by atoms with Crippen LogP contribution in [0.2, 0.25) is 0 Å². The lowest BCUT2D eigenvalue weighted by molar-refractivity contribution is -0.385. The normalized spacial score (nSPS) is 11.9. The molecule has 4 aromatic carbocycles. The van der Waals surface area contributed by atoms with Crippen LogP contribution < -0.4 is 0 Å². The Morgan fingerprint density at radius 2 is 0.824 bits per heavy atom. The fourth-order valence-corrected chi connectivity index (χ4v) is 6.42. The Morgan fingerprint density at radius 3 is 1.12 bits per heavy atom. The van der Waals surface area contributed by atoms with Crippen molar-refractivity contribution in [2.45, 2.75) is 19.6 Å². The van der Waals surface area contributed by atoms with Crippen LogP contribution in [0.1, 0.15) is 0 Å². The summed E-state index contributed by atoms with van der Waals surface area (Å²) >= 11 is 0. The summed E-state index contributed by atoms with van der Waals surface area (Å²) in [6.07, 6.45) is 0. The van der Waals surface area contributed by atoms with E-state index in [1.165, 1.54) is 36.4 Å². The summed E-state index contributed by atoms with van der Waals surface area (Å²) in [7, 11) is -8.28. The number of fused-ring (bicyclic) bond motifs is 1. The van der Waals surface area contributed by atoms with E-state index >= 15 is 0 Å². The van der Waals surface area contributed by atoms with Crippen LogP contribution in [0.3, 0.4) is 0 Å². The van der Waals surface area contributed by atoms with Gasteiger partial charge in [-0.1, -0.05) is 24.3 Å². The third kappa shape index (κ3) is 3.89. The third-order valence-electron chi connectivity index (χ3n) is 5.14. The number of sulfone groups is 2. The van der Waals surface area contributed by atoms with Gasteiger partial charge in [-0.25, -0.2) is 16.8 Å². The van der Waals surface area contributed by atoms with E-state index in [1.807, 2.05) is 0 Å². The van der Waals surface area contributed by atoms with Crippen molar-refractivity contribution in [3.63, 3.8) is 0 Å². The van der Waals surface area contributed by atoms with Gasteiger partial charge in [-0.3, -0.25) is 20.2 Å². The predicted molar refractivity (Wildman–Crippen MR) is 121 cm³/mol. The summed E-state index contributed by atoms with van der Waals surface area (Å²) in [6.45, 7) is 0. The first kappa shape index (κ1) is 23.0. The molecule has 0 unspecified atom stereocenters. The predicted octanol–water partition coefficient (Wildman–Crippen LogP) is 4.32. The number of hydrogen-bond donors (Lipinski definition) is 0. The van der Waals surface area contributed by atoms with E-state index in [4.69, 9.17) is 0 Å². The van der Waals surface area contributed by atoms with Gasteiger partial charge in [0.15, 0.2) is 0 Å². The van der Waals surface area contributed by atoms with Crippen LogP contribution in [0, 0.1) is 20.2 Å². The van der Waals surface area contributed by atoms with E-state index in [0.29, 0.717) is 0 Å². The molecule has 0 aliphatic carbocycles. The van der Waals surface area contributed by atoms with Crippen LogP contribution in [0.15, 0.2) is 105 Å². The van der Waals surface area contributed by atoms with Crippen molar-refractivity contribution in [3.8, 4) is 0 Å². The summed E-state index contributed by atoms with van der Waals surface area (Å²) in [5.74, 6) is 0. The first-order valence-electron chi connectivity index (χ1n) is 9.54. The van der Waals surface area contributed by atoms with Gasteiger partial charge in [-0.05, 0) is 36.4 Å². The Morgan fingerprint density at radius 1 is 0.500 bits per heavy atom. The lowest BCUT2D eigenvalue weighted by Gasteiger charge is -2.12. The average Bonchev–Trinajstić information content (AvgIpc) is 2.83. The third-order valence-corrected chi connectivity index (χ3v) is 8.79. The minimum atomic E-state index is -4.14. The molecule has 4 rings (SSSR count). The molecule has 34 heavy (non-hydrogen) atoms. The molecule has 0 radical (unpaired) electrons. The lowest BCUT2D eigenvalue weighted by atomic mass is 10.1. The van der Waals surface area contributed by atoms with Gasteiger partial charge < -0.3 is 0 Å². The highest BCUT2D eigenvalue weighted by molar-refractivity contribution is 7.92. The molecule has 10 nitrogen and oxygen atoms in total. The molecule has 4 aromatic rings. The maximum absolute atomic E-state index is 13.3. The van der Waals surface area contributed by atoms with Gasteiger partial charge in [0.1, 0.15) is 0 Å². The zero-order valence-corrected chi connectivity index (χ0v) is 18.7. The monoisotopic (exact) mass is 498 g/mol. The summed E-state index contributed by atoms with van der Waals surface area (Å²) in [5.41, 5.74) is -0.540. The SMILES string of the molecule is O=[N+]([O-])c1ccc(S(=O)(=O)c2cccc3c(S(=O)(=O)c4ccc([N+](=O)[O-])cc4)cccc23)cc1. The van der Waals surface area contributed by atoms with Crippen LogP contribution in [0.25, 0.3) is 10.8 Å². The molecule has 0 atom stereocenters. The van der Waals surface area contributed by atoms with Crippen LogP contribution in [0.4, 0.5) is 11.4 Å². The van der Waals surface area contributed by atoms with Crippen molar-refractivity contribution >= 4 is 41.8 Å². The Bertz CT molecular complexity index is 1540. The number of nitro groups is 2. The van der Waals surface area contributed by atoms with Crippen molar-refractivity contribution < 1.29 is 26.7 Å². The number of hydrogen-bond acceptors (Lipinski definition) is 8. The maximum atomic E-state index is 13.3. The van der Waals surface area contributed by atoms with Gasteiger partial charge in [-0.15, -0.1) is 0 Å². The molecule has 0 bridgehead atoms. The van der Waals surface area contributed by atoms with Gasteiger partial charge >= 0.3 is 0 Å². The van der Waals surface area contributed by atoms with Gasteiger partial charge in [0.25, 0.3) is 11.4 Å². The summed E-state index contributed by atoms with van der Waals surface area (Å²) in [4.78, 5) is 19.7. The molecule has 0 fully saturated rings. The largest absolute Gasteiger partial charge is 0.269 e. The molecule has 12 heteroatoms. The number of rotatable bonds is 6. The highest BCUT2D eigenvalue weighted by Gasteiger charge is 2.25. The summed E-state index contributed by atoms with van der Waals surface area (Å²) in [6, 6.07) is 17.1. The zero-order chi connectivity index (χ0) is 24.7. The topological polar surface area (TPSA) is 155 Å². The van der Waals surface area contributed by atoms with Crippen LogP contribution in [-0.2, 0) is 19.7 Å².